The number of hydrogen-bond donors (Lipinski definition) is 0. The second kappa shape index (κ2) is 10.4. The summed E-state index contributed by atoms with van der Waals surface area (Å²) in [4.78, 5) is 5.39. The summed E-state index contributed by atoms with van der Waals surface area (Å²) in [7, 11) is 0. The van der Waals surface area contributed by atoms with E-state index >= 15 is 0 Å². The fourth-order valence-corrected chi connectivity index (χ4v) is 7.55. The van der Waals surface area contributed by atoms with Crippen LogP contribution in [0.3, 0.4) is 0 Å². The van der Waals surface area contributed by atoms with Gasteiger partial charge in [0.2, 0.25) is 0 Å². The van der Waals surface area contributed by atoms with Crippen LogP contribution in [-0.2, 0) is 0 Å². The molecule has 1 nitrogen and oxygen atoms in total. The number of fused-ring (bicyclic) bond motifs is 6. The molecule has 0 atom stereocenters. The van der Waals surface area contributed by atoms with Gasteiger partial charge < -0.3 is 0 Å². The molecule has 0 saturated heterocycles. The Hall–Kier alpha value is -5.79. The van der Waals surface area contributed by atoms with Gasteiger partial charge in [-0.05, 0) is 65.8 Å². The van der Waals surface area contributed by atoms with Crippen LogP contribution in [0, 0.1) is 0 Å². The number of pyridine rings is 1. The Balaban J connectivity index is 0.00000143. The maximum atomic E-state index is 5.39. The molecule has 0 N–H and O–H groups in total. The van der Waals surface area contributed by atoms with Gasteiger partial charge in [0.05, 0.1) is 11.0 Å². The highest BCUT2D eigenvalue weighted by molar-refractivity contribution is 6.26. The van der Waals surface area contributed by atoms with Crippen molar-refractivity contribution in [2.75, 3.05) is 0 Å². The minimum absolute atomic E-state index is 1.05. The summed E-state index contributed by atoms with van der Waals surface area (Å²) < 4.78 is 0. The van der Waals surface area contributed by atoms with Crippen molar-refractivity contribution < 1.29 is 0 Å². The van der Waals surface area contributed by atoms with Gasteiger partial charge >= 0.3 is 0 Å². The molecular weight excluding hydrogens is 555 g/mol. The first-order valence-electron chi connectivity index (χ1n) is 16.2. The second-order valence-corrected chi connectivity index (χ2v) is 11.9. The summed E-state index contributed by atoms with van der Waals surface area (Å²) in [5.41, 5.74) is 7.03. The third-order valence-corrected chi connectivity index (χ3v) is 9.55. The van der Waals surface area contributed by atoms with Gasteiger partial charge in [0, 0.05) is 27.1 Å². The first-order valence-corrected chi connectivity index (χ1v) is 16.2. The van der Waals surface area contributed by atoms with Crippen LogP contribution in [0.15, 0.2) is 152 Å². The second-order valence-electron chi connectivity index (χ2n) is 11.9. The van der Waals surface area contributed by atoms with Crippen LogP contribution in [0.5, 0.6) is 0 Å². The minimum atomic E-state index is 1.05. The monoisotopic (exact) mass is 585 g/mol. The minimum Gasteiger partial charge on any atom is -0.246 e. The van der Waals surface area contributed by atoms with Gasteiger partial charge in [0.25, 0.3) is 0 Å². The number of nitrogens with zero attached hydrogens (tertiary/aromatic N) is 1. The highest BCUT2D eigenvalue weighted by Gasteiger charge is 2.17. The van der Waals surface area contributed by atoms with Gasteiger partial charge in [-0.15, -0.1) is 0 Å². The molecular formula is C45H31N. The third-order valence-electron chi connectivity index (χ3n) is 9.55. The zero-order valence-corrected chi connectivity index (χ0v) is 25.9. The van der Waals surface area contributed by atoms with Crippen molar-refractivity contribution in [1.29, 1.82) is 0 Å². The van der Waals surface area contributed by atoms with Gasteiger partial charge in [-0.3, -0.25) is 0 Å². The zero-order valence-electron chi connectivity index (χ0n) is 25.9. The van der Waals surface area contributed by atoms with Gasteiger partial charge in [-0.25, -0.2) is 4.98 Å². The number of rotatable bonds is 2. The molecule has 46 heavy (non-hydrogen) atoms. The number of aromatic nitrogens is 1. The molecule has 1 heteroatoms. The topological polar surface area (TPSA) is 12.9 Å². The summed E-state index contributed by atoms with van der Waals surface area (Å²) in [5.74, 6) is 0. The lowest BCUT2D eigenvalue weighted by Crippen LogP contribution is -1.92. The van der Waals surface area contributed by atoms with Crippen molar-refractivity contribution in [2.24, 2.45) is 0 Å². The number of hydrogen-bond acceptors (Lipinski definition) is 1. The van der Waals surface area contributed by atoms with E-state index in [1.54, 1.807) is 0 Å². The lowest BCUT2D eigenvalue weighted by molar-refractivity contribution is 1.50. The van der Waals surface area contributed by atoms with E-state index in [4.69, 9.17) is 4.98 Å². The Labute approximate surface area is 267 Å². The Morgan fingerprint density at radius 2 is 0.826 bits per heavy atom. The van der Waals surface area contributed by atoms with Gasteiger partial charge in [-0.2, -0.15) is 0 Å². The van der Waals surface area contributed by atoms with Crippen molar-refractivity contribution in [3.05, 3.63) is 152 Å². The SMILES string of the molecule is CC.c1cc(-c2c3ccc4ccccc4c3nc3c2ccc2ccccc23)cc(-c2ccc3ccc4cccc5ccc2c3c45)c1. The van der Waals surface area contributed by atoms with E-state index < -0.39 is 0 Å². The molecule has 0 fully saturated rings. The largest absolute Gasteiger partial charge is 0.246 e. The molecule has 1 heterocycles. The van der Waals surface area contributed by atoms with Crippen LogP contribution in [-0.4, -0.2) is 4.98 Å². The molecule has 1 aromatic heterocycles. The lowest BCUT2D eigenvalue weighted by atomic mass is 9.88. The van der Waals surface area contributed by atoms with E-state index in [-0.39, 0.29) is 0 Å². The van der Waals surface area contributed by atoms with Crippen molar-refractivity contribution in [3.63, 3.8) is 0 Å². The average molecular weight is 586 g/mol. The Bertz CT molecular complexity index is 2660. The quantitative estimate of drug-likeness (QED) is 0.145. The first kappa shape index (κ1) is 26.6. The van der Waals surface area contributed by atoms with Crippen LogP contribution in [0.1, 0.15) is 13.8 Å². The predicted octanol–water partition coefficient (Wildman–Crippen LogP) is 13.0. The van der Waals surface area contributed by atoms with Crippen LogP contribution in [0.25, 0.3) is 97.9 Å². The van der Waals surface area contributed by atoms with E-state index in [0.717, 1.165) is 11.0 Å². The first-order chi connectivity index (χ1) is 22.8. The summed E-state index contributed by atoms with van der Waals surface area (Å²) in [5, 5.41) is 15.0. The highest BCUT2D eigenvalue weighted by Crippen LogP contribution is 2.43. The fourth-order valence-electron chi connectivity index (χ4n) is 7.55. The van der Waals surface area contributed by atoms with Gasteiger partial charge in [-0.1, -0.05) is 159 Å². The maximum Gasteiger partial charge on any atom is 0.0794 e. The average Bonchev–Trinajstić information content (AvgIpc) is 3.13. The smallest absolute Gasteiger partial charge is 0.0794 e. The predicted molar refractivity (Wildman–Crippen MR) is 200 cm³/mol. The van der Waals surface area contributed by atoms with Crippen molar-refractivity contribution in [3.8, 4) is 22.3 Å². The summed E-state index contributed by atoms with van der Waals surface area (Å²) >= 11 is 0. The summed E-state index contributed by atoms with van der Waals surface area (Å²) in [6.45, 7) is 4.00. The molecule has 0 saturated carbocycles. The molecule has 0 unspecified atom stereocenters. The maximum absolute atomic E-state index is 5.39. The van der Waals surface area contributed by atoms with Crippen molar-refractivity contribution >= 4 is 75.7 Å². The number of benzene rings is 9. The molecule has 0 bridgehead atoms. The highest BCUT2D eigenvalue weighted by atomic mass is 14.7. The third kappa shape index (κ3) is 3.85. The molecule has 0 amide bonds. The van der Waals surface area contributed by atoms with E-state index in [0.29, 0.717) is 0 Å². The Morgan fingerprint density at radius 3 is 1.50 bits per heavy atom. The molecule has 10 rings (SSSR count). The lowest BCUT2D eigenvalue weighted by Gasteiger charge is -2.17. The van der Waals surface area contributed by atoms with E-state index in [1.807, 2.05) is 13.8 Å². The molecule has 216 valence electrons. The summed E-state index contributed by atoms with van der Waals surface area (Å²) in [6.07, 6.45) is 0. The van der Waals surface area contributed by atoms with Crippen LogP contribution in [0.4, 0.5) is 0 Å². The van der Waals surface area contributed by atoms with Crippen LogP contribution >= 0.6 is 0 Å². The molecule has 0 aliphatic carbocycles. The molecule has 0 spiro atoms. The van der Waals surface area contributed by atoms with Crippen LogP contribution < -0.4 is 0 Å². The molecule has 0 aliphatic heterocycles. The standard InChI is InChI=1S/C43H25N.C2H6/c1-3-13-34-26(7-1)17-23-37-40(38-24-18-27-8-2-4-14-35(27)43(38)44-42(34)37)32-12-6-11-31(25-32)33-21-19-30-16-15-28-9-5-10-29-20-22-36(33)41(30)39(28)29;1-2/h1-25H;1-2H3. The van der Waals surface area contributed by atoms with Crippen molar-refractivity contribution in [1.82, 2.24) is 4.98 Å². The van der Waals surface area contributed by atoms with Crippen LogP contribution in [0.2, 0.25) is 0 Å². The molecule has 9 aromatic carbocycles. The van der Waals surface area contributed by atoms with Gasteiger partial charge in [0.1, 0.15) is 0 Å². The fraction of sp³-hybridized carbons (Fsp3) is 0.0444. The van der Waals surface area contributed by atoms with E-state index in [2.05, 4.69) is 152 Å². The Kier molecular flexibility index (Phi) is 6.01. The summed E-state index contributed by atoms with van der Waals surface area (Å²) in [6, 6.07) is 55.6. The van der Waals surface area contributed by atoms with Crippen molar-refractivity contribution in [2.45, 2.75) is 13.8 Å². The normalized spacial score (nSPS) is 11.7. The van der Waals surface area contributed by atoms with E-state index in [1.165, 1.54) is 86.9 Å². The molecule has 0 radical (unpaired) electrons. The molecule has 0 aliphatic rings. The Morgan fingerprint density at radius 1 is 0.348 bits per heavy atom. The zero-order chi connectivity index (χ0) is 30.8. The van der Waals surface area contributed by atoms with Gasteiger partial charge in [0.15, 0.2) is 0 Å². The van der Waals surface area contributed by atoms with E-state index in [9.17, 15) is 0 Å². The molecule has 10 aromatic rings.